The van der Waals surface area contributed by atoms with Crippen molar-refractivity contribution in [2.75, 3.05) is 33.7 Å². The number of hydrogen-bond donors (Lipinski definition) is 1. The zero-order valence-electron chi connectivity index (χ0n) is 17.9. The molecular weight excluding hydrogens is 304 g/mol. The number of hydrogen-bond acceptors (Lipinski definition) is 2. The van der Waals surface area contributed by atoms with Crippen LogP contribution in [0.25, 0.3) is 0 Å². The summed E-state index contributed by atoms with van der Waals surface area (Å²) in [6.45, 7) is 15.7. The van der Waals surface area contributed by atoms with Crippen molar-refractivity contribution >= 4 is 0 Å². The molecule has 1 aliphatic rings. The van der Waals surface area contributed by atoms with Gasteiger partial charge in [0.2, 0.25) is 0 Å². The van der Waals surface area contributed by atoms with Gasteiger partial charge in [0.25, 0.3) is 0 Å². The highest BCUT2D eigenvalue weighted by Crippen LogP contribution is 2.20. The molecule has 0 aliphatic carbocycles. The zero-order valence-corrected chi connectivity index (χ0v) is 17.9. The van der Waals surface area contributed by atoms with Gasteiger partial charge in [-0.15, -0.1) is 6.58 Å². The van der Waals surface area contributed by atoms with Crippen LogP contribution in [-0.4, -0.2) is 38.6 Å². The second-order valence-corrected chi connectivity index (χ2v) is 5.90. The first-order chi connectivity index (χ1) is 12.3. The maximum atomic E-state index is 3.84. The molecule has 25 heavy (non-hydrogen) atoms. The lowest BCUT2D eigenvalue weighted by molar-refractivity contribution is 0.184. The fourth-order valence-corrected chi connectivity index (χ4v) is 2.83. The summed E-state index contributed by atoms with van der Waals surface area (Å²) in [7, 11) is 3.75. The Morgan fingerprint density at radius 1 is 1.04 bits per heavy atom. The number of aryl methyl sites for hydroxylation is 1. The molecule has 0 bridgehead atoms. The summed E-state index contributed by atoms with van der Waals surface area (Å²) in [6, 6.07) is 10.8. The van der Waals surface area contributed by atoms with Crippen LogP contribution >= 0.6 is 0 Å². The number of piperidine rings is 1. The van der Waals surface area contributed by atoms with Crippen molar-refractivity contribution in [2.24, 2.45) is 5.92 Å². The first-order valence-electron chi connectivity index (χ1n) is 10.3. The molecule has 0 aromatic heterocycles. The molecule has 0 spiro atoms. The number of benzene rings is 1. The lowest BCUT2D eigenvalue weighted by Gasteiger charge is -2.31. The summed E-state index contributed by atoms with van der Waals surface area (Å²) < 4.78 is 0. The smallest absolute Gasteiger partial charge is 0.00156 e. The third kappa shape index (κ3) is 14.9. The molecule has 1 N–H and O–H groups in total. The van der Waals surface area contributed by atoms with E-state index in [0.29, 0.717) is 0 Å². The Morgan fingerprint density at radius 3 is 2.04 bits per heavy atom. The Kier molecular flexibility index (Phi) is 21.9. The van der Waals surface area contributed by atoms with E-state index in [4.69, 9.17) is 0 Å². The molecule has 1 saturated heterocycles. The summed E-state index contributed by atoms with van der Waals surface area (Å²) >= 11 is 0. The highest BCUT2D eigenvalue weighted by molar-refractivity contribution is 5.14. The van der Waals surface area contributed by atoms with Gasteiger partial charge in [0, 0.05) is 0 Å². The van der Waals surface area contributed by atoms with Gasteiger partial charge in [-0.2, -0.15) is 0 Å². The summed E-state index contributed by atoms with van der Waals surface area (Å²) in [5.41, 5.74) is 1.47. The van der Waals surface area contributed by atoms with Crippen molar-refractivity contribution in [3.8, 4) is 0 Å². The molecule has 0 unspecified atom stereocenters. The van der Waals surface area contributed by atoms with Crippen molar-refractivity contribution in [1.29, 1.82) is 0 Å². The van der Waals surface area contributed by atoms with Gasteiger partial charge in [-0.1, -0.05) is 64.1 Å². The number of nitrogens with zero attached hydrogens (tertiary/aromatic N) is 1. The molecule has 1 fully saturated rings. The normalized spacial score (nSPS) is 14.0. The lowest BCUT2D eigenvalue weighted by atomic mass is 9.93. The van der Waals surface area contributed by atoms with Crippen LogP contribution in [0.2, 0.25) is 0 Å². The predicted molar refractivity (Wildman–Crippen MR) is 116 cm³/mol. The van der Waals surface area contributed by atoms with Crippen molar-refractivity contribution < 1.29 is 0 Å². The number of likely N-dealkylation sites (tertiary alicyclic amines) is 1. The van der Waals surface area contributed by atoms with Gasteiger partial charge in [-0.05, 0) is 77.3 Å². The summed E-state index contributed by atoms with van der Waals surface area (Å²) in [6.07, 6.45) is 8.51. The minimum absolute atomic E-state index is 0.896. The highest BCUT2D eigenvalue weighted by Gasteiger charge is 2.17. The van der Waals surface area contributed by atoms with Gasteiger partial charge in [-0.3, -0.25) is 0 Å². The molecule has 2 rings (SSSR count). The highest BCUT2D eigenvalue weighted by atomic mass is 15.1. The van der Waals surface area contributed by atoms with Crippen molar-refractivity contribution in [3.05, 3.63) is 48.6 Å². The topological polar surface area (TPSA) is 15.3 Å². The Balaban J connectivity index is 0. The van der Waals surface area contributed by atoms with Crippen LogP contribution in [0.5, 0.6) is 0 Å². The zero-order chi connectivity index (χ0) is 19.3. The molecule has 1 aromatic rings. The average Bonchev–Trinajstić information content (AvgIpc) is 2.68. The molecule has 146 valence electrons. The molecule has 2 nitrogen and oxygen atoms in total. The molecule has 0 saturated carbocycles. The van der Waals surface area contributed by atoms with Crippen LogP contribution in [0.1, 0.15) is 58.9 Å². The van der Waals surface area contributed by atoms with E-state index in [1.54, 1.807) is 0 Å². The second kappa shape index (κ2) is 20.9. The Morgan fingerprint density at radius 2 is 1.56 bits per heavy atom. The van der Waals surface area contributed by atoms with Crippen LogP contribution in [0.4, 0.5) is 0 Å². The molecule has 2 heteroatoms. The Labute approximate surface area is 158 Å². The van der Waals surface area contributed by atoms with Gasteiger partial charge >= 0.3 is 0 Å². The Hall–Kier alpha value is -1.12. The third-order valence-corrected chi connectivity index (χ3v) is 3.99. The molecule has 0 amide bonds. The molecule has 0 atom stereocenters. The van der Waals surface area contributed by atoms with E-state index < -0.39 is 0 Å². The first-order valence-corrected chi connectivity index (χ1v) is 10.3. The average molecular weight is 349 g/mol. The van der Waals surface area contributed by atoms with E-state index in [9.17, 15) is 0 Å². The van der Waals surface area contributed by atoms with Crippen molar-refractivity contribution in [2.45, 2.75) is 59.8 Å². The van der Waals surface area contributed by atoms with E-state index in [1.165, 1.54) is 57.3 Å². The fraction of sp³-hybridized carbons (Fsp3) is 0.652. The first kappa shape index (κ1) is 26.1. The molecule has 1 aromatic carbocycles. The van der Waals surface area contributed by atoms with E-state index in [1.807, 2.05) is 41.8 Å². The largest absolute Gasteiger partial charge is 0.323 e. The second-order valence-electron chi connectivity index (χ2n) is 5.90. The maximum Gasteiger partial charge on any atom is -0.00156 e. The van der Waals surface area contributed by atoms with Crippen LogP contribution < -0.4 is 5.32 Å². The molecule has 1 heterocycles. The van der Waals surface area contributed by atoms with Crippen molar-refractivity contribution in [3.63, 3.8) is 0 Å². The number of allylic oxidation sites excluding steroid dienone is 1. The number of rotatable bonds is 6. The summed E-state index contributed by atoms with van der Waals surface area (Å²) in [5.74, 6) is 0.896. The monoisotopic (exact) mass is 348 g/mol. The standard InChI is InChI=1S/C17H25N.C2H7N.2C2H6/c1-2-7-16-11-14-18(15-12-16)13-6-10-17-8-4-3-5-9-17;1-3-2;2*1-2/h2-5,8-9,16H,1,6-7,10-15H2;3H,1-2H3;2*1-2H3. The van der Waals surface area contributed by atoms with Crippen molar-refractivity contribution in [1.82, 2.24) is 10.2 Å². The fourth-order valence-electron chi connectivity index (χ4n) is 2.83. The van der Waals surface area contributed by atoms with E-state index >= 15 is 0 Å². The van der Waals surface area contributed by atoms with Crippen LogP contribution in [-0.2, 0) is 6.42 Å². The van der Waals surface area contributed by atoms with Crippen LogP contribution in [0, 0.1) is 5.92 Å². The predicted octanol–water partition coefficient (Wildman–Crippen LogP) is 5.80. The molecule has 1 aliphatic heterocycles. The van der Waals surface area contributed by atoms with E-state index in [0.717, 1.165) is 5.92 Å². The van der Waals surface area contributed by atoms with Crippen LogP contribution in [0.3, 0.4) is 0 Å². The van der Waals surface area contributed by atoms with Crippen LogP contribution in [0.15, 0.2) is 43.0 Å². The van der Waals surface area contributed by atoms with Gasteiger partial charge in [-0.25, -0.2) is 0 Å². The third-order valence-electron chi connectivity index (χ3n) is 3.99. The van der Waals surface area contributed by atoms with E-state index in [2.05, 4.69) is 53.2 Å². The SMILES string of the molecule is C=CCC1CCN(CCCc2ccccc2)CC1.CC.CC.CNC. The number of nitrogens with one attached hydrogen (secondary N) is 1. The molecule has 0 radical (unpaired) electrons. The van der Waals surface area contributed by atoms with Gasteiger partial charge in [0.05, 0.1) is 0 Å². The summed E-state index contributed by atoms with van der Waals surface area (Å²) in [5, 5.41) is 2.75. The lowest BCUT2D eigenvalue weighted by Crippen LogP contribution is -2.34. The van der Waals surface area contributed by atoms with Gasteiger partial charge in [0.15, 0.2) is 0 Å². The summed E-state index contributed by atoms with van der Waals surface area (Å²) in [4.78, 5) is 2.63. The van der Waals surface area contributed by atoms with Gasteiger partial charge in [0.1, 0.15) is 0 Å². The minimum Gasteiger partial charge on any atom is -0.323 e. The Bertz CT molecular complexity index is 354. The molecular formula is C23H44N2. The van der Waals surface area contributed by atoms with Gasteiger partial charge < -0.3 is 10.2 Å². The van der Waals surface area contributed by atoms with E-state index in [-0.39, 0.29) is 0 Å². The maximum absolute atomic E-state index is 3.84. The minimum atomic E-state index is 0.896. The quantitative estimate of drug-likeness (QED) is 0.654.